The molecule has 0 heterocycles. The largest absolute Gasteiger partial charge is 0.469 e. The molecular weight excluding hydrogens is 224 g/mol. The Hall–Kier alpha value is -0.530. The summed E-state index contributed by atoms with van der Waals surface area (Å²) in [6, 6.07) is 0. The lowest BCUT2D eigenvalue weighted by molar-refractivity contribution is -0.140. The molecule has 0 bridgehead atoms. The predicted molar refractivity (Wildman–Crippen MR) is 75.5 cm³/mol. The minimum atomic E-state index is -0.0655. The number of hydrogen-bond donors (Lipinski definition) is 0. The highest BCUT2D eigenvalue weighted by molar-refractivity contribution is 5.68. The van der Waals surface area contributed by atoms with Crippen molar-refractivity contribution in [3.63, 3.8) is 0 Å². The van der Waals surface area contributed by atoms with Gasteiger partial charge in [-0.2, -0.15) is 0 Å². The van der Waals surface area contributed by atoms with Crippen LogP contribution < -0.4 is 0 Å². The van der Waals surface area contributed by atoms with Crippen LogP contribution in [0.1, 0.15) is 77.6 Å². The van der Waals surface area contributed by atoms with E-state index >= 15 is 0 Å². The van der Waals surface area contributed by atoms with Gasteiger partial charge in [0.25, 0.3) is 0 Å². The van der Waals surface area contributed by atoms with Crippen LogP contribution in [0.3, 0.4) is 0 Å². The number of rotatable bonds is 11. The Morgan fingerprint density at radius 3 is 2.00 bits per heavy atom. The Kier molecular flexibility index (Phi) is 8.11. The molecule has 2 heteroatoms. The Morgan fingerprint density at radius 1 is 1.00 bits per heavy atom. The van der Waals surface area contributed by atoms with E-state index in [0.29, 0.717) is 6.42 Å². The van der Waals surface area contributed by atoms with Gasteiger partial charge in [0.1, 0.15) is 0 Å². The minimum Gasteiger partial charge on any atom is -0.469 e. The minimum absolute atomic E-state index is 0.0655. The Bertz CT molecular complexity index is 225. The highest BCUT2D eigenvalue weighted by Gasteiger charge is 2.31. The Morgan fingerprint density at radius 2 is 1.50 bits per heavy atom. The SMILES string of the molecule is COC(=O)CCCCCCCCCC[C@H]1C[C@@H]1C. The lowest BCUT2D eigenvalue weighted by Crippen LogP contribution is -1.99. The van der Waals surface area contributed by atoms with Gasteiger partial charge < -0.3 is 4.74 Å². The van der Waals surface area contributed by atoms with E-state index in [-0.39, 0.29) is 5.97 Å². The summed E-state index contributed by atoms with van der Waals surface area (Å²) in [7, 11) is 1.46. The van der Waals surface area contributed by atoms with E-state index in [1.54, 1.807) is 0 Å². The molecule has 106 valence electrons. The van der Waals surface area contributed by atoms with E-state index in [4.69, 9.17) is 0 Å². The molecule has 2 atom stereocenters. The van der Waals surface area contributed by atoms with Crippen molar-refractivity contribution in [2.24, 2.45) is 11.8 Å². The van der Waals surface area contributed by atoms with Crippen molar-refractivity contribution in [2.75, 3.05) is 7.11 Å². The van der Waals surface area contributed by atoms with Crippen LogP contribution in [0.4, 0.5) is 0 Å². The van der Waals surface area contributed by atoms with E-state index in [0.717, 1.165) is 18.3 Å². The van der Waals surface area contributed by atoms with Crippen LogP contribution in [-0.2, 0) is 9.53 Å². The topological polar surface area (TPSA) is 26.3 Å². The number of ether oxygens (including phenoxy) is 1. The summed E-state index contributed by atoms with van der Waals surface area (Å²) in [5.74, 6) is 2.03. The van der Waals surface area contributed by atoms with Gasteiger partial charge in [-0.05, 0) is 24.7 Å². The number of carbonyl (C=O) groups excluding carboxylic acids is 1. The van der Waals surface area contributed by atoms with Gasteiger partial charge >= 0.3 is 5.97 Å². The predicted octanol–water partition coefficient (Wildman–Crippen LogP) is 4.72. The zero-order chi connectivity index (χ0) is 13.2. The highest BCUT2D eigenvalue weighted by Crippen LogP contribution is 2.41. The van der Waals surface area contributed by atoms with Crippen molar-refractivity contribution in [3.05, 3.63) is 0 Å². The lowest BCUT2D eigenvalue weighted by atomic mass is 10.0. The average molecular weight is 254 g/mol. The molecule has 0 amide bonds. The standard InChI is InChI=1S/C16H30O2/c1-14-13-15(14)11-9-7-5-3-4-6-8-10-12-16(17)18-2/h14-15H,3-13H2,1-2H3/t14-,15-/m0/s1. The normalized spacial score (nSPS) is 21.9. The van der Waals surface area contributed by atoms with Gasteiger partial charge in [-0.15, -0.1) is 0 Å². The number of carbonyl (C=O) groups is 1. The van der Waals surface area contributed by atoms with Crippen LogP contribution >= 0.6 is 0 Å². The van der Waals surface area contributed by atoms with E-state index in [1.807, 2.05) is 0 Å². The molecule has 18 heavy (non-hydrogen) atoms. The first-order valence-corrected chi connectivity index (χ1v) is 7.81. The molecule has 0 aromatic rings. The first-order valence-electron chi connectivity index (χ1n) is 7.81. The Balaban J connectivity index is 1.69. The summed E-state index contributed by atoms with van der Waals surface area (Å²) in [6.45, 7) is 2.37. The molecular formula is C16H30O2. The zero-order valence-electron chi connectivity index (χ0n) is 12.2. The van der Waals surface area contributed by atoms with Gasteiger partial charge in [0.2, 0.25) is 0 Å². The smallest absolute Gasteiger partial charge is 0.305 e. The molecule has 0 aromatic carbocycles. The third-order valence-electron chi connectivity index (χ3n) is 4.21. The maximum atomic E-state index is 10.9. The monoisotopic (exact) mass is 254 g/mol. The van der Waals surface area contributed by atoms with Crippen LogP contribution in [0.2, 0.25) is 0 Å². The van der Waals surface area contributed by atoms with Gasteiger partial charge in [0, 0.05) is 6.42 Å². The number of methoxy groups -OCH3 is 1. The zero-order valence-corrected chi connectivity index (χ0v) is 12.2. The molecule has 2 nitrogen and oxygen atoms in total. The fourth-order valence-electron chi connectivity index (χ4n) is 2.64. The van der Waals surface area contributed by atoms with Crippen molar-refractivity contribution in [1.82, 2.24) is 0 Å². The second kappa shape index (κ2) is 9.41. The summed E-state index contributed by atoms with van der Waals surface area (Å²) in [5, 5.41) is 0. The molecule has 1 aliphatic rings. The summed E-state index contributed by atoms with van der Waals surface area (Å²) in [5.41, 5.74) is 0. The van der Waals surface area contributed by atoms with Gasteiger partial charge in [0.15, 0.2) is 0 Å². The van der Waals surface area contributed by atoms with E-state index < -0.39 is 0 Å². The van der Waals surface area contributed by atoms with Crippen LogP contribution in [-0.4, -0.2) is 13.1 Å². The second-order valence-corrected chi connectivity index (χ2v) is 5.92. The molecule has 1 saturated carbocycles. The fraction of sp³-hybridized carbons (Fsp3) is 0.938. The first kappa shape index (κ1) is 15.5. The van der Waals surface area contributed by atoms with E-state index in [1.165, 1.54) is 64.9 Å². The molecule has 0 spiro atoms. The first-order chi connectivity index (χ1) is 8.74. The fourth-order valence-corrected chi connectivity index (χ4v) is 2.64. The molecule has 0 unspecified atom stereocenters. The van der Waals surface area contributed by atoms with Gasteiger partial charge in [-0.3, -0.25) is 4.79 Å². The molecule has 0 N–H and O–H groups in total. The number of unbranched alkanes of at least 4 members (excludes halogenated alkanes) is 7. The number of hydrogen-bond acceptors (Lipinski definition) is 2. The maximum Gasteiger partial charge on any atom is 0.305 e. The van der Waals surface area contributed by atoms with Crippen molar-refractivity contribution in [3.8, 4) is 0 Å². The average Bonchev–Trinajstić information content (AvgIpc) is 3.07. The highest BCUT2D eigenvalue weighted by atomic mass is 16.5. The van der Waals surface area contributed by atoms with Crippen molar-refractivity contribution >= 4 is 5.97 Å². The van der Waals surface area contributed by atoms with Gasteiger partial charge in [-0.25, -0.2) is 0 Å². The molecule has 0 saturated heterocycles. The van der Waals surface area contributed by atoms with Gasteiger partial charge in [-0.1, -0.05) is 58.3 Å². The lowest BCUT2D eigenvalue weighted by Gasteiger charge is -2.02. The van der Waals surface area contributed by atoms with E-state index in [2.05, 4.69) is 11.7 Å². The van der Waals surface area contributed by atoms with Crippen molar-refractivity contribution < 1.29 is 9.53 Å². The van der Waals surface area contributed by atoms with Crippen molar-refractivity contribution in [2.45, 2.75) is 77.6 Å². The third-order valence-corrected chi connectivity index (χ3v) is 4.21. The third kappa shape index (κ3) is 7.73. The van der Waals surface area contributed by atoms with Crippen LogP contribution in [0, 0.1) is 11.8 Å². The van der Waals surface area contributed by atoms with Gasteiger partial charge in [0.05, 0.1) is 7.11 Å². The summed E-state index contributed by atoms with van der Waals surface area (Å²) < 4.78 is 4.62. The summed E-state index contributed by atoms with van der Waals surface area (Å²) in [6.07, 6.45) is 14.0. The van der Waals surface area contributed by atoms with Crippen LogP contribution in [0.25, 0.3) is 0 Å². The summed E-state index contributed by atoms with van der Waals surface area (Å²) >= 11 is 0. The van der Waals surface area contributed by atoms with Crippen molar-refractivity contribution in [1.29, 1.82) is 0 Å². The number of esters is 1. The molecule has 0 radical (unpaired) electrons. The van der Waals surface area contributed by atoms with E-state index in [9.17, 15) is 4.79 Å². The van der Waals surface area contributed by atoms with Crippen LogP contribution in [0.5, 0.6) is 0 Å². The maximum absolute atomic E-state index is 10.9. The quantitative estimate of drug-likeness (QED) is 0.394. The molecule has 0 aromatic heterocycles. The molecule has 1 fully saturated rings. The molecule has 1 aliphatic carbocycles. The summed E-state index contributed by atoms with van der Waals surface area (Å²) in [4.78, 5) is 10.9. The Labute approximate surface area is 112 Å². The second-order valence-electron chi connectivity index (χ2n) is 5.92. The van der Waals surface area contributed by atoms with Crippen LogP contribution in [0.15, 0.2) is 0 Å². The molecule has 0 aliphatic heterocycles. The molecule has 1 rings (SSSR count).